The first-order valence-electron chi connectivity index (χ1n) is 8.98. The van der Waals surface area contributed by atoms with Crippen molar-refractivity contribution >= 4 is 46.0 Å². The number of aromatic amines is 1. The molecule has 2 aromatic heterocycles. The van der Waals surface area contributed by atoms with E-state index in [9.17, 15) is 14.0 Å². The van der Waals surface area contributed by atoms with Crippen LogP contribution in [-0.4, -0.2) is 26.2 Å². The Bertz CT molecular complexity index is 1300. The zero-order valence-corrected chi connectivity index (χ0v) is 17.4. The van der Waals surface area contributed by atoms with Gasteiger partial charge in [-0.05, 0) is 43.3 Å². The molecule has 2 heterocycles. The maximum absolute atomic E-state index is 13.9. The van der Waals surface area contributed by atoms with E-state index in [4.69, 9.17) is 11.6 Å². The Morgan fingerprint density at radius 2 is 2.00 bits per heavy atom. The molecule has 0 aliphatic heterocycles. The number of carbonyl (C=O) groups is 1. The SMILES string of the molecule is Cc1cc2nc(SCC(=O)Nc3ccc(Cl)cc3F)n(-c3ccccc3)c(=O)c2[nH]1. The molecule has 2 N–H and O–H groups in total. The highest BCUT2D eigenvalue weighted by molar-refractivity contribution is 7.99. The predicted octanol–water partition coefficient (Wildman–Crippen LogP) is 4.55. The summed E-state index contributed by atoms with van der Waals surface area (Å²) in [5.74, 6) is -1.11. The topological polar surface area (TPSA) is 79.8 Å². The summed E-state index contributed by atoms with van der Waals surface area (Å²) < 4.78 is 15.4. The second-order valence-corrected chi connectivity index (χ2v) is 7.92. The summed E-state index contributed by atoms with van der Waals surface area (Å²) in [5, 5.41) is 3.11. The van der Waals surface area contributed by atoms with Gasteiger partial charge in [0.15, 0.2) is 5.16 Å². The largest absolute Gasteiger partial charge is 0.353 e. The monoisotopic (exact) mass is 442 g/mol. The van der Waals surface area contributed by atoms with E-state index in [0.717, 1.165) is 23.5 Å². The van der Waals surface area contributed by atoms with Gasteiger partial charge in [-0.2, -0.15) is 0 Å². The van der Waals surface area contributed by atoms with Crippen LogP contribution in [0.1, 0.15) is 5.69 Å². The van der Waals surface area contributed by atoms with Crippen LogP contribution in [0.3, 0.4) is 0 Å². The van der Waals surface area contributed by atoms with Gasteiger partial charge >= 0.3 is 0 Å². The number of aryl methyl sites for hydroxylation is 1. The molecule has 9 heteroatoms. The third kappa shape index (κ3) is 4.10. The number of fused-ring (bicyclic) bond motifs is 1. The molecule has 0 fully saturated rings. The van der Waals surface area contributed by atoms with Crippen molar-refractivity contribution in [2.45, 2.75) is 12.1 Å². The number of amides is 1. The normalized spacial score (nSPS) is 11.0. The highest BCUT2D eigenvalue weighted by Gasteiger charge is 2.16. The zero-order valence-electron chi connectivity index (χ0n) is 15.8. The summed E-state index contributed by atoms with van der Waals surface area (Å²) in [7, 11) is 0. The number of thioether (sulfide) groups is 1. The molecule has 4 aromatic rings. The fraction of sp³-hybridized carbons (Fsp3) is 0.0952. The van der Waals surface area contributed by atoms with Gasteiger partial charge in [-0.25, -0.2) is 9.37 Å². The molecule has 0 saturated heterocycles. The van der Waals surface area contributed by atoms with Crippen molar-refractivity contribution in [3.05, 3.63) is 81.5 Å². The van der Waals surface area contributed by atoms with E-state index >= 15 is 0 Å². The lowest BCUT2D eigenvalue weighted by Crippen LogP contribution is -2.23. The van der Waals surface area contributed by atoms with Crippen molar-refractivity contribution in [3.8, 4) is 5.69 Å². The molecule has 30 heavy (non-hydrogen) atoms. The van der Waals surface area contributed by atoms with Crippen LogP contribution in [0.5, 0.6) is 0 Å². The molecular weight excluding hydrogens is 427 g/mol. The number of carbonyl (C=O) groups excluding carboxylic acids is 1. The highest BCUT2D eigenvalue weighted by Crippen LogP contribution is 2.23. The predicted molar refractivity (Wildman–Crippen MR) is 117 cm³/mol. The van der Waals surface area contributed by atoms with E-state index in [2.05, 4.69) is 15.3 Å². The quantitative estimate of drug-likeness (QED) is 0.351. The Balaban J connectivity index is 1.64. The van der Waals surface area contributed by atoms with Gasteiger partial charge in [-0.1, -0.05) is 41.6 Å². The standard InChI is InChI=1S/C21H16ClFN4O2S/c1-12-9-17-19(24-12)20(29)27(14-5-3-2-4-6-14)21(26-17)30-11-18(28)25-16-8-7-13(22)10-15(16)23/h2-10,24H,11H2,1H3,(H,25,28). The second-order valence-electron chi connectivity index (χ2n) is 6.54. The zero-order chi connectivity index (χ0) is 21.3. The lowest BCUT2D eigenvalue weighted by Gasteiger charge is -2.12. The fourth-order valence-electron chi connectivity index (χ4n) is 2.99. The van der Waals surface area contributed by atoms with E-state index in [1.54, 1.807) is 18.2 Å². The van der Waals surface area contributed by atoms with Gasteiger partial charge in [-0.15, -0.1) is 0 Å². The average Bonchev–Trinajstić information content (AvgIpc) is 3.10. The molecule has 6 nitrogen and oxygen atoms in total. The third-order valence-corrected chi connectivity index (χ3v) is 5.48. The summed E-state index contributed by atoms with van der Waals surface area (Å²) in [6, 6.07) is 14.8. The summed E-state index contributed by atoms with van der Waals surface area (Å²) in [4.78, 5) is 33.1. The lowest BCUT2D eigenvalue weighted by molar-refractivity contribution is -0.113. The number of para-hydroxylation sites is 1. The Morgan fingerprint density at radius 3 is 2.73 bits per heavy atom. The molecule has 0 bridgehead atoms. The Labute approximate surface area is 180 Å². The summed E-state index contributed by atoms with van der Waals surface area (Å²) >= 11 is 6.83. The van der Waals surface area contributed by atoms with Crippen LogP contribution in [-0.2, 0) is 4.79 Å². The van der Waals surface area contributed by atoms with Crippen LogP contribution in [0.25, 0.3) is 16.7 Å². The van der Waals surface area contributed by atoms with Gasteiger partial charge in [0.1, 0.15) is 11.3 Å². The van der Waals surface area contributed by atoms with Gasteiger partial charge in [0, 0.05) is 10.7 Å². The Kier molecular flexibility index (Phi) is 5.61. The van der Waals surface area contributed by atoms with Crippen LogP contribution in [0.15, 0.2) is 64.5 Å². The van der Waals surface area contributed by atoms with Gasteiger partial charge in [-0.3, -0.25) is 14.2 Å². The Morgan fingerprint density at radius 1 is 1.23 bits per heavy atom. The number of H-pyrrole nitrogens is 1. The Hall–Kier alpha value is -3.10. The number of hydrogen-bond acceptors (Lipinski definition) is 4. The first-order valence-corrected chi connectivity index (χ1v) is 10.3. The molecule has 2 aromatic carbocycles. The molecule has 0 aliphatic rings. The van der Waals surface area contributed by atoms with Crippen LogP contribution < -0.4 is 10.9 Å². The van der Waals surface area contributed by atoms with Crippen molar-refractivity contribution in [1.82, 2.24) is 14.5 Å². The van der Waals surface area contributed by atoms with Crippen LogP contribution in [0.4, 0.5) is 10.1 Å². The smallest absolute Gasteiger partial charge is 0.283 e. The average molecular weight is 443 g/mol. The van der Waals surface area contributed by atoms with E-state index in [0.29, 0.717) is 21.9 Å². The summed E-state index contributed by atoms with van der Waals surface area (Å²) in [6.07, 6.45) is 0. The molecule has 0 radical (unpaired) electrons. The van der Waals surface area contributed by atoms with Crippen molar-refractivity contribution < 1.29 is 9.18 Å². The number of hydrogen-bond donors (Lipinski definition) is 2. The summed E-state index contributed by atoms with van der Waals surface area (Å²) in [5.41, 5.74) is 2.15. The van der Waals surface area contributed by atoms with Crippen molar-refractivity contribution in [2.24, 2.45) is 0 Å². The van der Waals surface area contributed by atoms with Crippen molar-refractivity contribution in [2.75, 3.05) is 11.1 Å². The lowest BCUT2D eigenvalue weighted by atomic mass is 10.3. The molecule has 4 rings (SSSR count). The number of rotatable bonds is 5. The second kappa shape index (κ2) is 8.33. The van der Waals surface area contributed by atoms with E-state index in [1.165, 1.54) is 16.7 Å². The fourth-order valence-corrected chi connectivity index (χ4v) is 3.96. The number of nitrogens with one attached hydrogen (secondary N) is 2. The minimum absolute atomic E-state index is 0.0371. The van der Waals surface area contributed by atoms with Crippen molar-refractivity contribution in [1.29, 1.82) is 0 Å². The van der Waals surface area contributed by atoms with Gasteiger partial charge in [0.25, 0.3) is 5.56 Å². The van der Waals surface area contributed by atoms with Gasteiger partial charge in [0.2, 0.25) is 5.91 Å². The van der Waals surface area contributed by atoms with Gasteiger partial charge in [0.05, 0.1) is 22.6 Å². The highest BCUT2D eigenvalue weighted by atomic mass is 35.5. The molecular formula is C21H16ClFN4O2S. The van der Waals surface area contributed by atoms with Crippen molar-refractivity contribution in [3.63, 3.8) is 0 Å². The minimum atomic E-state index is -0.621. The van der Waals surface area contributed by atoms with Crippen LogP contribution >= 0.6 is 23.4 Å². The van der Waals surface area contributed by atoms with E-state index < -0.39 is 11.7 Å². The van der Waals surface area contributed by atoms with E-state index in [-0.39, 0.29) is 22.0 Å². The molecule has 0 saturated carbocycles. The third-order valence-electron chi connectivity index (χ3n) is 4.31. The molecule has 0 unspecified atom stereocenters. The minimum Gasteiger partial charge on any atom is -0.353 e. The summed E-state index contributed by atoms with van der Waals surface area (Å²) in [6.45, 7) is 1.84. The molecule has 0 spiro atoms. The first kappa shape index (κ1) is 20.2. The van der Waals surface area contributed by atoms with Crippen LogP contribution in [0, 0.1) is 12.7 Å². The maximum Gasteiger partial charge on any atom is 0.283 e. The number of benzene rings is 2. The molecule has 1 amide bonds. The number of anilines is 1. The first-order chi connectivity index (χ1) is 14.4. The molecule has 0 aliphatic carbocycles. The number of nitrogens with zero attached hydrogens (tertiary/aromatic N) is 2. The number of halogens is 2. The number of aromatic nitrogens is 3. The maximum atomic E-state index is 13.9. The van der Waals surface area contributed by atoms with E-state index in [1.807, 2.05) is 25.1 Å². The molecule has 152 valence electrons. The van der Waals surface area contributed by atoms with Gasteiger partial charge < -0.3 is 10.3 Å². The molecule has 0 atom stereocenters. The van der Waals surface area contributed by atoms with Crippen LogP contribution in [0.2, 0.25) is 5.02 Å².